The van der Waals surface area contributed by atoms with E-state index < -0.39 is 0 Å². The van der Waals surface area contributed by atoms with Crippen LogP contribution in [0.4, 0.5) is 0 Å². The van der Waals surface area contributed by atoms with Gasteiger partial charge >= 0.3 is 0 Å². The van der Waals surface area contributed by atoms with Crippen LogP contribution in [0.25, 0.3) is 0 Å². The highest BCUT2D eigenvalue weighted by Crippen LogP contribution is 2.03. The highest BCUT2D eigenvalue weighted by molar-refractivity contribution is 14.0. The van der Waals surface area contributed by atoms with E-state index in [0.29, 0.717) is 12.1 Å². The van der Waals surface area contributed by atoms with Crippen molar-refractivity contribution in [2.75, 3.05) is 20.1 Å². The second kappa shape index (κ2) is 10.9. The molecule has 0 atom stereocenters. The molecule has 0 aliphatic heterocycles. The molecule has 1 heterocycles. The molecule has 1 aromatic heterocycles. The average Bonchev–Trinajstić information content (AvgIpc) is 2.82. The van der Waals surface area contributed by atoms with Crippen LogP contribution >= 0.6 is 24.0 Å². The summed E-state index contributed by atoms with van der Waals surface area (Å²) in [6.45, 7) is 11.7. The molecule has 0 unspecified atom stereocenters. The lowest BCUT2D eigenvalue weighted by Gasteiger charge is -2.30. The Balaban J connectivity index is 0.00000441. The zero-order valence-electron chi connectivity index (χ0n) is 14.8. The van der Waals surface area contributed by atoms with Crippen LogP contribution in [0.5, 0.6) is 0 Å². The number of aromatic nitrogens is 1. The van der Waals surface area contributed by atoms with Gasteiger partial charge < -0.3 is 15.2 Å². The summed E-state index contributed by atoms with van der Waals surface area (Å²) in [5.41, 5.74) is 1.26. The first-order chi connectivity index (χ1) is 9.93. The van der Waals surface area contributed by atoms with Crippen LogP contribution in [0.15, 0.2) is 23.5 Å². The molecule has 0 saturated carbocycles. The molecule has 22 heavy (non-hydrogen) atoms. The van der Waals surface area contributed by atoms with Crippen LogP contribution in [-0.4, -0.2) is 47.6 Å². The van der Waals surface area contributed by atoms with E-state index in [9.17, 15) is 0 Å². The maximum atomic E-state index is 4.27. The third kappa shape index (κ3) is 7.49. The molecule has 0 fully saturated rings. The fraction of sp³-hybridized carbons (Fsp3) is 0.688. The topological polar surface area (TPSA) is 44.6 Å². The second-order valence-corrected chi connectivity index (χ2v) is 5.96. The molecule has 6 heteroatoms. The van der Waals surface area contributed by atoms with Crippen molar-refractivity contribution in [1.29, 1.82) is 0 Å². The normalized spacial score (nSPS) is 12.0. The Morgan fingerprint density at radius 2 is 1.86 bits per heavy atom. The molecule has 128 valence electrons. The summed E-state index contributed by atoms with van der Waals surface area (Å²) in [6.07, 6.45) is 4.16. The minimum atomic E-state index is 0. The summed E-state index contributed by atoms with van der Waals surface area (Å²) >= 11 is 0. The van der Waals surface area contributed by atoms with Gasteiger partial charge in [-0.1, -0.05) is 0 Å². The molecule has 2 N–H and O–H groups in total. The Kier molecular flexibility index (Phi) is 10.5. The van der Waals surface area contributed by atoms with Crippen molar-refractivity contribution in [3.8, 4) is 0 Å². The summed E-state index contributed by atoms with van der Waals surface area (Å²) < 4.78 is 2.05. The van der Waals surface area contributed by atoms with Gasteiger partial charge in [0, 0.05) is 58.2 Å². The summed E-state index contributed by atoms with van der Waals surface area (Å²) in [7, 11) is 3.84. The van der Waals surface area contributed by atoms with Crippen LogP contribution in [0.1, 0.15) is 33.3 Å². The molecule has 0 aliphatic rings. The van der Waals surface area contributed by atoms with Gasteiger partial charge in [-0.15, -0.1) is 24.0 Å². The number of aliphatic imine (C=N–C) groups is 1. The molecular weight excluding hydrogens is 389 g/mol. The van der Waals surface area contributed by atoms with Crippen LogP contribution in [0.3, 0.4) is 0 Å². The lowest BCUT2D eigenvalue weighted by atomic mass is 10.2. The zero-order chi connectivity index (χ0) is 15.8. The van der Waals surface area contributed by atoms with E-state index in [-0.39, 0.29) is 24.0 Å². The molecule has 0 radical (unpaired) electrons. The maximum absolute atomic E-state index is 4.27. The molecule has 0 aromatic carbocycles. The number of nitrogens with zero attached hydrogens (tertiary/aromatic N) is 3. The van der Waals surface area contributed by atoms with Crippen molar-refractivity contribution in [3.05, 3.63) is 24.0 Å². The van der Waals surface area contributed by atoms with E-state index in [1.54, 1.807) is 0 Å². The van der Waals surface area contributed by atoms with E-state index in [4.69, 9.17) is 0 Å². The maximum Gasteiger partial charge on any atom is 0.191 e. The molecular formula is C16H32IN5. The van der Waals surface area contributed by atoms with Crippen LogP contribution in [0, 0.1) is 0 Å². The van der Waals surface area contributed by atoms with Gasteiger partial charge in [-0.05, 0) is 39.3 Å². The minimum Gasteiger partial charge on any atom is -0.357 e. The van der Waals surface area contributed by atoms with Gasteiger partial charge in [0.15, 0.2) is 5.96 Å². The van der Waals surface area contributed by atoms with Gasteiger partial charge in [0.25, 0.3) is 0 Å². The molecule has 0 spiro atoms. The fourth-order valence-electron chi connectivity index (χ4n) is 2.49. The molecule has 0 aliphatic carbocycles. The monoisotopic (exact) mass is 421 g/mol. The number of rotatable bonds is 7. The molecule has 1 rings (SSSR count). The molecule has 1 aromatic rings. The third-order valence-corrected chi connectivity index (χ3v) is 3.57. The Hall–Kier alpha value is -0.760. The number of hydrogen-bond donors (Lipinski definition) is 2. The van der Waals surface area contributed by atoms with Gasteiger partial charge in [0.1, 0.15) is 0 Å². The average molecular weight is 421 g/mol. The van der Waals surface area contributed by atoms with Crippen molar-refractivity contribution in [2.45, 2.75) is 46.3 Å². The van der Waals surface area contributed by atoms with Crippen LogP contribution in [-0.2, 0) is 13.6 Å². The summed E-state index contributed by atoms with van der Waals surface area (Å²) in [6, 6.07) is 3.23. The molecule has 5 nitrogen and oxygen atoms in total. The smallest absolute Gasteiger partial charge is 0.191 e. The van der Waals surface area contributed by atoms with E-state index >= 15 is 0 Å². The predicted molar refractivity (Wildman–Crippen MR) is 106 cm³/mol. The van der Waals surface area contributed by atoms with Gasteiger partial charge in [0.2, 0.25) is 0 Å². The summed E-state index contributed by atoms with van der Waals surface area (Å²) in [5.74, 6) is 0.853. The van der Waals surface area contributed by atoms with E-state index in [0.717, 1.165) is 25.6 Å². The molecule has 0 saturated heterocycles. The Bertz CT molecular complexity index is 431. The first kappa shape index (κ1) is 21.2. The lowest BCUT2D eigenvalue weighted by molar-refractivity contribution is 0.178. The number of hydrogen-bond acceptors (Lipinski definition) is 2. The van der Waals surface area contributed by atoms with E-state index in [1.807, 2.05) is 14.1 Å². The highest BCUT2D eigenvalue weighted by Gasteiger charge is 2.12. The van der Waals surface area contributed by atoms with Gasteiger partial charge in [-0.3, -0.25) is 9.89 Å². The Labute approximate surface area is 152 Å². The van der Waals surface area contributed by atoms with E-state index in [2.05, 4.69) is 71.2 Å². The SMILES string of the molecule is CN=C(NCCN(C(C)C)C(C)C)NCc1ccn(C)c1.I. The van der Waals surface area contributed by atoms with Crippen molar-refractivity contribution < 1.29 is 0 Å². The van der Waals surface area contributed by atoms with Crippen molar-refractivity contribution >= 4 is 29.9 Å². The Morgan fingerprint density at radius 1 is 1.23 bits per heavy atom. The van der Waals surface area contributed by atoms with Crippen LogP contribution < -0.4 is 10.6 Å². The lowest BCUT2D eigenvalue weighted by Crippen LogP contribution is -2.45. The Morgan fingerprint density at radius 3 is 2.32 bits per heavy atom. The highest BCUT2D eigenvalue weighted by atomic mass is 127. The van der Waals surface area contributed by atoms with E-state index in [1.165, 1.54) is 5.56 Å². The standard InChI is InChI=1S/C16H31N5.HI/c1-13(2)21(14(3)4)10-8-18-16(17-5)19-11-15-7-9-20(6)12-15;/h7,9,12-14H,8,10-11H2,1-6H3,(H2,17,18,19);1H. The quantitative estimate of drug-likeness (QED) is 0.404. The molecule has 0 amide bonds. The van der Waals surface area contributed by atoms with Crippen molar-refractivity contribution in [3.63, 3.8) is 0 Å². The fourth-order valence-corrected chi connectivity index (χ4v) is 2.49. The minimum absolute atomic E-state index is 0. The van der Waals surface area contributed by atoms with Gasteiger partial charge in [-0.25, -0.2) is 0 Å². The van der Waals surface area contributed by atoms with Gasteiger partial charge in [0.05, 0.1) is 0 Å². The first-order valence-electron chi connectivity index (χ1n) is 7.75. The number of nitrogens with one attached hydrogen (secondary N) is 2. The first-order valence-corrected chi connectivity index (χ1v) is 7.75. The summed E-state index contributed by atoms with van der Waals surface area (Å²) in [4.78, 5) is 6.74. The molecule has 0 bridgehead atoms. The van der Waals surface area contributed by atoms with Gasteiger partial charge in [-0.2, -0.15) is 0 Å². The largest absolute Gasteiger partial charge is 0.357 e. The zero-order valence-corrected chi connectivity index (χ0v) is 17.1. The predicted octanol–water partition coefficient (Wildman–Crippen LogP) is 2.43. The second-order valence-electron chi connectivity index (χ2n) is 5.96. The summed E-state index contributed by atoms with van der Waals surface area (Å²) in [5, 5.41) is 6.72. The number of guanidine groups is 1. The number of aryl methyl sites for hydroxylation is 1. The third-order valence-electron chi connectivity index (χ3n) is 3.57. The van der Waals surface area contributed by atoms with Crippen molar-refractivity contribution in [2.24, 2.45) is 12.0 Å². The number of halogens is 1. The van der Waals surface area contributed by atoms with Crippen LogP contribution in [0.2, 0.25) is 0 Å². The van der Waals surface area contributed by atoms with Crippen molar-refractivity contribution in [1.82, 2.24) is 20.1 Å².